The Morgan fingerprint density at radius 3 is 2.25 bits per heavy atom. The Hall–Kier alpha value is -2.11. The Labute approximate surface area is 187 Å². The van der Waals surface area contributed by atoms with Crippen LogP contribution in [0.25, 0.3) is 10.8 Å². The predicted molar refractivity (Wildman–Crippen MR) is 109 cm³/mol. The minimum atomic E-state index is -6.18. The van der Waals surface area contributed by atoms with Gasteiger partial charge >= 0.3 is 21.6 Å². The van der Waals surface area contributed by atoms with Crippen molar-refractivity contribution in [1.82, 2.24) is 0 Å². The Morgan fingerprint density at radius 1 is 1.16 bits per heavy atom. The summed E-state index contributed by atoms with van der Waals surface area (Å²) in [7, 11) is -6.18. The fraction of sp³-hybridized carbons (Fsp3) is 0.450. The van der Waals surface area contributed by atoms with E-state index in [1.807, 2.05) is 0 Å². The number of fused-ring (bicyclic) bond motifs is 1. The van der Waals surface area contributed by atoms with Crippen LogP contribution in [-0.4, -0.2) is 32.1 Å². The normalized spacial score (nSPS) is 13.8. The van der Waals surface area contributed by atoms with Gasteiger partial charge in [0.2, 0.25) is 0 Å². The minimum Gasteiger partial charge on any atom is -0.464 e. The van der Waals surface area contributed by atoms with Gasteiger partial charge in [-0.1, -0.05) is 17.7 Å². The average Bonchev–Trinajstić information content (AvgIpc) is 2.60. The van der Waals surface area contributed by atoms with Gasteiger partial charge in [0.1, 0.15) is 5.82 Å². The third-order valence-electron chi connectivity index (χ3n) is 4.09. The van der Waals surface area contributed by atoms with Crippen molar-refractivity contribution in [1.29, 1.82) is 0 Å². The fourth-order valence-electron chi connectivity index (χ4n) is 2.88. The van der Waals surface area contributed by atoms with Gasteiger partial charge < -0.3 is 13.7 Å². The number of ether oxygens (including phenoxy) is 2. The molecule has 32 heavy (non-hydrogen) atoms. The number of esters is 1. The molecule has 0 radical (unpaired) electrons. The number of carbonyl (C=O) groups is 1. The molecule has 0 saturated heterocycles. The van der Waals surface area contributed by atoms with Gasteiger partial charge in [-0.05, 0) is 57.7 Å². The Balaban J connectivity index is 2.95. The van der Waals surface area contributed by atoms with Crippen molar-refractivity contribution in [2.75, 3.05) is 6.61 Å². The van der Waals surface area contributed by atoms with Crippen LogP contribution in [0.4, 0.5) is 17.6 Å². The Kier molecular flexibility index (Phi) is 7.38. The summed E-state index contributed by atoms with van der Waals surface area (Å²) in [4.78, 5) is 12.7. The van der Waals surface area contributed by atoms with Crippen molar-refractivity contribution >= 4 is 38.5 Å². The van der Waals surface area contributed by atoms with Gasteiger partial charge in [0, 0.05) is 10.9 Å². The third-order valence-corrected chi connectivity index (χ3v) is 5.33. The highest BCUT2D eigenvalue weighted by molar-refractivity contribution is 7.88. The predicted octanol–water partition coefficient (Wildman–Crippen LogP) is 5.59. The zero-order valence-corrected chi connectivity index (χ0v) is 19.3. The van der Waals surface area contributed by atoms with Crippen molar-refractivity contribution in [3.63, 3.8) is 0 Å². The molecule has 12 heteroatoms. The second-order valence-corrected chi connectivity index (χ2v) is 9.71. The molecule has 0 bridgehead atoms. The molecule has 0 fully saturated rings. The molecule has 2 aromatic carbocycles. The summed E-state index contributed by atoms with van der Waals surface area (Å²) in [6.45, 7) is 7.53. The van der Waals surface area contributed by atoms with Crippen molar-refractivity contribution < 1.29 is 44.4 Å². The van der Waals surface area contributed by atoms with Gasteiger partial charge in [0.05, 0.1) is 17.2 Å². The summed E-state index contributed by atoms with van der Waals surface area (Å²) in [6, 6.07) is 3.21. The Morgan fingerprint density at radius 2 is 1.75 bits per heavy atom. The molecular weight excluding hydrogens is 480 g/mol. The molecule has 0 heterocycles. The van der Waals surface area contributed by atoms with Crippen LogP contribution >= 0.6 is 11.6 Å². The van der Waals surface area contributed by atoms with E-state index >= 15 is 0 Å². The number of hydrogen-bond donors (Lipinski definition) is 0. The molecule has 2 aromatic rings. The van der Waals surface area contributed by atoms with E-state index in [2.05, 4.69) is 4.18 Å². The highest BCUT2D eigenvalue weighted by atomic mass is 35.5. The van der Waals surface area contributed by atoms with Gasteiger partial charge in [0.25, 0.3) is 0 Å². The number of hydrogen-bond acceptors (Lipinski definition) is 6. The minimum absolute atomic E-state index is 0.0865. The molecule has 0 aromatic heterocycles. The zero-order chi connectivity index (χ0) is 24.6. The number of benzene rings is 2. The van der Waals surface area contributed by atoms with Gasteiger partial charge in [-0.25, -0.2) is 9.18 Å². The van der Waals surface area contributed by atoms with Crippen LogP contribution in [0.3, 0.4) is 0 Å². The lowest BCUT2D eigenvalue weighted by molar-refractivity contribution is -0.167. The van der Waals surface area contributed by atoms with E-state index in [1.165, 1.54) is 19.9 Å². The summed E-state index contributed by atoms with van der Waals surface area (Å²) in [6.07, 6.45) is -1.67. The molecular formula is C20H21ClF4O6S. The van der Waals surface area contributed by atoms with E-state index in [9.17, 15) is 30.8 Å². The second kappa shape index (κ2) is 9.03. The van der Waals surface area contributed by atoms with Crippen LogP contribution in [0.15, 0.2) is 18.2 Å². The number of halogens is 5. The molecule has 178 valence electrons. The first-order valence-electron chi connectivity index (χ1n) is 9.26. The molecule has 0 aliphatic carbocycles. The third kappa shape index (κ3) is 5.62. The van der Waals surface area contributed by atoms with Gasteiger partial charge in [0.15, 0.2) is 11.9 Å². The van der Waals surface area contributed by atoms with Crippen LogP contribution in [0.5, 0.6) is 5.75 Å². The lowest BCUT2D eigenvalue weighted by Crippen LogP contribution is -2.31. The highest BCUT2D eigenvalue weighted by Crippen LogP contribution is 2.43. The molecule has 0 amide bonds. The maximum atomic E-state index is 14.2. The maximum Gasteiger partial charge on any atom is 0.534 e. The van der Waals surface area contributed by atoms with Crippen molar-refractivity contribution in [3.8, 4) is 5.75 Å². The van der Waals surface area contributed by atoms with Gasteiger partial charge in [-0.2, -0.15) is 21.6 Å². The van der Waals surface area contributed by atoms with Crippen molar-refractivity contribution in [3.05, 3.63) is 40.2 Å². The van der Waals surface area contributed by atoms with E-state index in [0.717, 1.165) is 12.1 Å². The molecule has 0 spiro atoms. The van der Waals surface area contributed by atoms with Crippen LogP contribution in [0.1, 0.15) is 44.9 Å². The quantitative estimate of drug-likeness (QED) is 0.223. The largest absolute Gasteiger partial charge is 0.534 e. The maximum absolute atomic E-state index is 14.2. The first-order valence-corrected chi connectivity index (χ1v) is 11.0. The summed E-state index contributed by atoms with van der Waals surface area (Å²) in [5.41, 5.74) is -7.00. The number of aryl methyl sites for hydroxylation is 1. The molecule has 0 aliphatic rings. The molecule has 1 unspecified atom stereocenters. The van der Waals surface area contributed by atoms with E-state index in [-0.39, 0.29) is 33.5 Å². The van der Waals surface area contributed by atoms with E-state index in [4.69, 9.17) is 21.1 Å². The van der Waals surface area contributed by atoms with E-state index in [0.29, 0.717) is 0 Å². The first-order chi connectivity index (χ1) is 14.5. The topological polar surface area (TPSA) is 78.9 Å². The number of alkyl halides is 3. The molecule has 0 saturated carbocycles. The smallest absolute Gasteiger partial charge is 0.464 e. The van der Waals surface area contributed by atoms with Gasteiger partial charge in [-0.3, -0.25) is 0 Å². The lowest BCUT2D eigenvalue weighted by atomic mass is 9.95. The molecule has 6 nitrogen and oxygen atoms in total. The van der Waals surface area contributed by atoms with Crippen molar-refractivity contribution in [2.45, 2.75) is 51.8 Å². The lowest BCUT2D eigenvalue weighted by Gasteiger charge is -2.29. The van der Waals surface area contributed by atoms with Crippen LogP contribution in [0, 0.1) is 12.7 Å². The zero-order valence-electron chi connectivity index (χ0n) is 17.8. The second-order valence-electron chi connectivity index (χ2n) is 7.77. The summed E-state index contributed by atoms with van der Waals surface area (Å²) in [5, 5.41) is -0.613. The first kappa shape index (κ1) is 26.1. The van der Waals surface area contributed by atoms with Crippen molar-refractivity contribution in [2.24, 2.45) is 0 Å². The fourth-order valence-corrected chi connectivity index (χ4v) is 3.55. The number of rotatable bonds is 6. The van der Waals surface area contributed by atoms with Crippen LogP contribution in [0.2, 0.25) is 5.02 Å². The molecule has 2 rings (SSSR count). The van der Waals surface area contributed by atoms with E-state index in [1.54, 1.807) is 20.8 Å². The van der Waals surface area contributed by atoms with Gasteiger partial charge in [-0.15, -0.1) is 0 Å². The standard InChI is InChI=1S/C20H21ClF4O6S/c1-6-29-18(26)17(30-19(3,4)5)15-10(2)7-11-8-13(21)14(22)9-12(11)16(15)31-32(27,28)20(23,24)25/h7-9,17H,6H2,1-5H3. The van der Waals surface area contributed by atoms with Crippen LogP contribution < -0.4 is 4.18 Å². The van der Waals surface area contributed by atoms with E-state index < -0.39 is 44.9 Å². The summed E-state index contributed by atoms with van der Waals surface area (Å²) < 4.78 is 92.4. The van der Waals surface area contributed by atoms with Crippen LogP contribution in [-0.2, 0) is 24.4 Å². The number of carbonyl (C=O) groups excluding carboxylic acids is 1. The average molecular weight is 501 g/mol. The molecule has 1 atom stereocenters. The molecule has 0 N–H and O–H groups in total. The SMILES string of the molecule is CCOC(=O)C(OC(C)(C)C)c1c(C)cc2cc(Cl)c(F)cc2c1OS(=O)(=O)C(F)(F)F. The summed E-state index contributed by atoms with van der Waals surface area (Å²) >= 11 is 5.77. The monoisotopic (exact) mass is 500 g/mol. The Bertz CT molecular complexity index is 1140. The molecule has 0 aliphatic heterocycles. The summed E-state index contributed by atoms with van der Waals surface area (Å²) in [5.74, 6) is -2.93. The highest BCUT2D eigenvalue weighted by Gasteiger charge is 2.49.